The maximum atomic E-state index is 10.7. The van der Waals surface area contributed by atoms with E-state index in [0.29, 0.717) is 0 Å². The molecule has 0 bridgehead atoms. The standard InChI is InChI=1S/CHF3O3S.Rh/c2-1(3,4)8(5,6)7;/h(H,5,6,7);/p-1. The normalized spacial score (nSPS) is 12.4. The van der Waals surface area contributed by atoms with E-state index in [1.54, 1.807) is 0 Å². The van der Waals surface area contributed by atoms with Crippen molar-refractivity contribution in [3.05, 3.63) is 0 Å². The molecule has 1 radical (unpaired) electrons. The van der Waals surface area contributed by atoms with Crippen LogP contribution < -0.4 is 0 Å². The van der Waals surface area contributed by atoms with Crippen molar-refractivity contribution in [3.63, 3.8) is 0 Å². The summed E-state index contributed by atoms with van der Waals surface area (Å²) >= 11 is 0. The van der Waals surface area contributed by atoms with Crippen LogP contribution in [0.25, 0.3) is 0 Å². The van der Waals surface area contributed by atoms with Crippen LogP contribution >= 0.6 is 0 Å². The van der Waals surface area contributed by atoms with Gasteiger partial charge in [0.05, 0.1) is 0 Å². The third-order valence-electron chi connectivity index (χ3n) is 0.283. The van der Waals surface area contributed by atoms with Crippen molar-refractivity contribution in [2.45, 2.75) is 5.51 Å². The van der Waals surface area contributed by atoms with E-state index in [2.05, 4.69) is 0 Å². The minimum absolute atomic E-state index is 0. The summed E-state index contributed by atoms with van der Waals surface area (Å²) in [7, 11) is -6.09. The number of alkyl halides is 3. The van der Waals surface area contributed by atoms with Crippen LogP contribution in [0.1, 0.15) is 0 Å². The number of rotatable bonds is 0. The van der Waals surface area contributed by atoms with Gasteiger partial charge in [0.1, 0.15) is 0 Å². The quantitative estimate of drug-likeness (QED) is 0.347. The smallest absolute Gasteiger partial charge is 0.485 e. The zero-order valence-electron chi connectivity index (χ0n) is 3.60. The first-order valence-electron chi connectivity index (χ1n) is 1.27. The predicted molar refractivity (Wildman–Crippen MR) is 15.8 cm³/mol. The van der Waals surface area contributed by atoms with Gasteiger partial charge < -0.3 is 4.55 Å². The Morgan fingerprint density at radius 2 is 1.33 bits per heavy atom. The van der Waals surface area contributed by atoms with E-state index in [0.717, 1.165) is 0 Å². The summed E-state index contributed by atoms with van der Waals surface area (Å²) in [6.45, 7) is 0. The van der Waals surface area contributed by atoms with Crippen LogP contribution in [0.4, 0.5) is 13.2 Å². The molecular weight excluding hydrogens is 252 g/mol. The van der Waals surface area contributed by atoms with Crippen molar-refractivity contribution in [3.8, 4) is 0 Å². The summed E-state index contributed by atoms with van der Waals surface area (Å²) in [6, 6.07) is 0. The Kier molecular flexibility index (Phi) is 3.93. The first kappa shape index (κ1) is 12.0. The van der Waals surface area contributed by atoms with Crippen molar-refractivity contribution in [1.29, 1.82) is 0 Å². The van der Waals surface area contributed by atoms with Crippen molar-refractivity contribution < 1.29 is 45.6 Å². The second-order valence-corrected chi connectivity index (χ2v) is 2.27. The fourth-order valence-electron chi connectivity index (χ4n) is 0. The molecule has 8 heteroatoms. The molecule has 0 saturated heterocycles. The first-order valence-corrected chi connectivity index (χ1v) is 2.68. The van der Waals surface area contributed by atoms with Gasteiger partial charge in [0.25, 0.3) is 0 Å². The first-order chi connectivity index (χ1) is 3.25. The molecule has 0 rings (SSSR count). The fourth-order valence-corrected chi connectivity index (χ4v) is 0. The van der Waals surface area contributed by atoms with Crippen LogP contribution in [0.3, 0.4) is 0 Å². The molecule has 0 amide bonds. The Balaban J connectivity index is 0. The molecule has 3 nitrogen and oxygen atoms in total. The van der Waals surface area contributed by atoms with Gasteiger partial charge >= 0.3 is 5.51 Å². The largest absolute Gasteiger partial charge is 0.741 e. The fraction of sp³-hybridized carbons (Fsp3) is 1.00. The molecule has 0 atom stereocenters. The molecule has 0 aliphatic carbocycles. The van der Waals surface area contributed by atoms with E-state index in [1.165, 1.54) is 0 Å². The van der Waals surface area contributed by atoms with Crippen LogP contribution in [0.2, 0.25) is 0 Å². The van der Waals surface area contributed by atoms with Gasteiger partial charge in [0.15, 0.2) is 10.1 Å². The molecule has 9 heavy (non-hydrogen) atoms. The SMILES string of the molecule is O=S(=O)([O-])C(F)(F)F.[Rh]. The van der Waals surface area contributed by atoms with Gasteiger partial charge in [0.2, 0.25) is 0 Å². The summed E-state index contributed by atoms with van der Waals surface area (Å²) in [4.78, 5) is 0. The molecule has 0 aliphatic rings. The summed E-state index contributed by atoms with van der Waals surface area (Å²) in [5, 5.41) is 0. The molecule has 0 unspecified atom stereocenters. The van der Waals surface area contributed by atoms with Gasteiger partial charge in [-0.2, -0.15) is 13.2 Å². The van der Waals surface area contributed by atoms with Crippen LogP contribution in [0.5, 0.6) is 0 Å². The van der Waals surface area contributed by atoms with E-state index in [1.807, 2.05) is 0 Å². The second kappa shape index (κ2) is 2.94. The monoisotopic (exact) mass is 252 g/mol. The molecule has 0 heterocycles. The molecule has 0 N–H and O–H groups in total. The van der Waals surface area contributed by atoms with Gasteiger partial charge in [-0.15, -0.1) is 0 Å². The van der Waals surface area contributed by atoms with Crippen LogP contribution in [-0.4, -0.2) is 18.5 Å². The van der Waals surface area contributed by atoms with E-state index < -0.39 is 15.6 Å². The summed E-state index contributed by atoms with van der Waals surface area (Å²) in [6.07, 6.45) is 0. The average molecular weight is 252 g/mol. The Labute approximate surface area is 61.7 Å². The summed E-state index contributed by atoms with van der Waals surface area (Å²) in [5.74, 6) is 0. The van der Waals surface area contributed by atoms with Gasteiger partial charge in [-0.05, 0) is 0 Å². The van der Waals surface area contributed by atoms with Gasteiger partial charge in [-0.3, -0.25) is 0 Å². The maximum absolute atomic E-state index is 10.7. The van der Waals surface area contributed by atoms with E-state index >= 15 is 0 Å². The van der Waals surface area contributed by atoms with Gasteiger partial charge in [-0.1, -0.05) is 0 Å². The van der Waals surface area contributed by atoms with E-state index in [9.17, 15) is 13.2 Å². The molecule has 0 saturated carbocycles. The van der Waals surface area contributed by atoms with Crippen molar-refractivity contribution in [2.75, 3.05) is 0 Å². The third kappa shape index (κ3) is 3.83. The minimum Gasteiger partial charge on any atom is -0.741 e. The Morgan fingerprint density at radius 3 is 1.33 bits per heavy atom. The van der Waals surface area contributed by atoms with E-state index in [-0.39, 0.29) is 19.5 Å². The van der Waals surface area contributed by atoms with E-state index in [4.69, 9.17) is 13.0 Å². The number of halogens is 3. The molecular formula is CF3O3RhS-. The topological polar surface area (TPSA) is 57.2 Å². The minimum atomic E-state index is -6.09. The molecule has 59 valence electrons. The molecule has 0 spiro atoms. The zero-order valence-corrected chi connectivity index (χ0v) is 6.06. The second-order valence-electron chi connectivity index (χ2n) is 0.900. The van der Waals surface area contributed by atoms with Crippen LogP contribution in [0.15, 0.2) is 0 Å². The predicted octanol–water partition coefficient (Wildman–Crippen LogP) is 0.0489. The zero-order chi connectivity index (χ0) is 7.00. The Bertz CT molecular complexity index is 168. The third-order valence-corrected chi connectivity index (χ3v) is 0.850. The molecule has 0 aromatic carbocycles. The van der Waals surface area contributed by atoms with Crippen LogP contribution in [-0.2, 0) is 29.6 Å². The molecule has 0 aromatic rings. The van der Waals surface area contributed by atoms with Crippen molar-refractivity contribution in [1.82, 2.24) is 0 Å². The molecule has 0 fully saturated rings. The van der Waals surface area contributed by atoms with Crippen LogP contribution in [0, 0.1) is 0 Å². The Morgan fingerprint density at radius 1 is 1.22 bits per heavy atom. The molecule has 0 aliphatic heterocycles. The van der Waals surface area contributed by atoms with Crippen molar-refractivity contribution >= 4 is 10.1 Å². The maximum Gasteiger partial charge on any atom is 0.485 e. The van der Waals surface area contributed by atoms with Crippen molar-refractivity contribution in [2.24, 2.45) is 0 Å². The number of hydrogen-bond acceptors (Lipinski definition) is 3. The molecule has 0 aromatic heterocycles. The Hall–Kier alpha value is 0.323. The average Bonchev–Trinajstić information content (AvgIpc) is 1.25. The van der Waals surface area contributed by atoms with Gasteiger partial charge in [0, 0.05) is 19.5 Å². The summed E-state index contributed by atoms with van der Waals surface area (Å²) < 4.78 is 58.9. The summed E-state index contributed by atoms with van der Waals surface area (Å²) in [5.41, 5.74) is -5.65. The number of hydrogen-bond donors (Lipinski definition) is 0. The van der Waals surface area contributed by atoms with Gasteiger partial charge in [-0.25, -0.2) is 8.42 Å².